The van der Waals surface area contributed by atoms with Gasteiger partial charge in [0, 0.05) is 39.2 Å². The lowest BCUT2D eigenvalue weighted by Gasteiger charge is -2.30. The molecule has 0 spiro atoms. The second-order valence-corrected chi connectivity index (χ2v) is 4.67. The average molecular weight is 250 g/mol. The number of nitrogens with one attached hydrogen (secondary N) is 1. The Morgan fingerprint density at radius 1 is 1.39 bits per heavy atom. The summed E-state index contributed by atoms with van der Waals surface area (Å²) in [5.74, 6) is 0.0909. The molecule has 0 radical (unpaired) electrons. The number of carbonyl (C=O) groups excluding carboxylic acids is 2. The van der Waals surface area contributed by atoms with Gasteiger partial charge in [0.25, 0.3) is 0 Å². The van der Waals surface area contributed by atoms with Crippen molar-refractivity contribution >= 4 is 17.5 Å². The molecular formula is C12H18N4O2. The molecule has 0 bridgehead atoms. The molecule has 1 saturated heterocycles. The normalized spacial score (nSPS) is 16.7. The molecule has 1 aliphatic heterocycles. The minimum absolute atomic E-state index is 0.0131. The first-order valence-electron chi connectivity index (χ1n) is 6.11. The van der Waals surface area contributed by atoms with Crippen molar-refractivity contribution in [2.24, 2.45) is 13.0 Å². The lowest BCUT2D eigenvalue weighted by atomic mass is 9.96. The van der Waals surface area contributed by atoms with Crippen molar-refractivity contribution in [3.8, 4) is 0 Å². The molecule has 0 saturated carbocycles. The summed E-state index contributed by atoms with van der Waals surface area (Å²) in [4.78, 5) is 25.0. The molecule has 2 heterocycles. The molecule has 0 unspecified atom stereocenters. The lowest BCUT2D eigenvalue weighted by molar-refractivity contribution is -0.132. The van der Waals surface area contributed by atoms with Crippen molar-refractivity contribution in [1.82, 2.24) is 14.7 Å². The van der Waals surface area contributed by atoms with Crippen molar-refractivity contribution in [3.05, 3.63) is 12.4 Å². The van der Waals surface area contributed by atoms with E-state index in [9.17, 15) is 9.59 Å². The number of aryl methyl sites for hydroxylation is 1. The van der Waals surface area contributed by atoms with Gasteiger partial charge in [0.05, 0.1) is 11.9 Å². The van der Waals surface area contributed by atoms with Gasteiger partial charge < -0.3 is 10.2 Å². The van der Waals surface area contributed by atoms with E-state index in [1.165, 1.54) is 0 Å². The van der Waals surface area contributed by atoms with Gasteiger partial charge in [-0.1, -0.05) is 0 Å². The third-order valence-electron chi connectivity index (χ3n) is 3.28. The minimum Gasteiger partial charge on any atom is -0.343 e. The predicted molar refractivity (Wildman–Crippen MR) is 66.8 cm³/mol. The van der Waals surface area contributed by atoms with Crippen molar-refractivity contribution in [2.75, 3.05) is 18.4 Å². The molecule has 1 N–H and O–H groups in total. The maximum Gasteiger partial charge on any atom is 0.227 e. The molecule has 2 rings (SSSR count). The van der Waals surface area contributed by atoms with Gasteiger partial charge in [-0.15, -0.1) is 0 Å². The summed E-state index contributed by atoms with van der Waals surface area (Å²) < 4.78 is 1.65. The van der Waals surface area contributed by atoms with Gasteiger partial charge in [-0.2, -0.15) is 5.10 Å². The summed E-state index contributed by atoms with van der Waals surface area (Å²) in [6.45, 7) is 2.90. The first kappa shape index (κ1) is 12.6. The number of anilines is 1. The Balaban J connectivity index is 1.86. The maximum absolute atomic E-state index is 12.0. The van der Waals surface area contributed by atoms with E-state index < -0.39 is 0 Å². The van der Waals surface area contributed by atoms with Gasteiger partial charge in [-0.25, -0.2) is 0 Å². The smallest absolute Gasteiger partial charge is 0.227 e. The van der Waals surface area contributed by atoms with Gasteiger partial charge in [-0.3, -0.25) is 14.3 Å². The molecule has 2 amide bonds. The fraction of sp³-hybridized carbons (Fsp3) is 0.583. The van der Waals surface area contributed by atoms with E-state index in [2.05, 4.69) is 10.4 Å². The van der Waals surface area contributed by atoms with Gasteiger partial charge in [0.2, 0.25) is 11.8 Å². The molecule has 98 valence electrons. The molecule has 0 aliphatic carbocycles. The monoisotopic (exact) mass is 250 g/mol. The van der Waals surface area contributed by atoms with Gasteiger partial charge in [-0.05, 0) is 12.8 Å². The Hall–Kier alpha value is -1.85. The maximum atomic E-state index is 12.0. The van der Waals surface area contributed by atoms with Crippen molar-refractivity contribution in [2.45, 2.75) is 19.8 Å². The first-order chi connectivity index (χ1) is 8.56. The van der Waals surface area contributed by atoms with Crippen LogP contribution in [0.15, 0.2) is 12.4 Å². The highest BCUT2D eigenvalue weighted by Gasteiger charge is 2.26. The molecule has 0 aromatic carbocycles. The first-order valence-corrected chi connectivity index (χ1v) is 6.11. The summed E-state index contributed by atoms with van der Waals surface area (Å²) in [5, 5.41) is 6.85. The standard InChI is InChI=1S/C12H18N4O2/c1-9(17)16-5-3-10(4-6-16)12(18)14-11-7-13-15(2)8-11/h7-8,10H,3-6H2,1-2H3,(H,14,18). The Morgan fingerprint density at radius 2 is 2.06 bits per heavy atom. The van der Waals surface area contributed by atoms with Crippen LogP contribution in [0.1, 0.15) is 19.8 Å². The summed E-state index contributed by atoms with van der Waals surface area (Å²) in [5.41, 5.74) is 0.719. The van der Waals surface area contributed by atoms with Crippen LogP contribution in [0.25, 0.3) is 0 Å². The van der Waals surface area contributed by atoms with Crippen LogP contribution in [0.3, 0.4) is 0 Å². The Kier molecular flexibility index (Phi) is 3.64. The summed E-state index contributed by atoms with van der Waals surface area (Å²) in [6.07, 6.45) is 4.85. The van der Waals surface area contributed by atoms with Gasteiger partial charge in [0.1, 0.15) is 0 Å². The van der Waals surface area contributed by atoms with Crippen molar-refractivity contribution in [1.29, 1.82) is 0 Å². The van der Waals surface area contributed by atoms with Gasteiger partial charge in [0.15, 0.2) is 0 Å². The Labute approximate surface area is 106 Å². The number of nitrogens with zero attached hydrogens (tertiary/aromatic N) is 3. The second-order valence-electron chi connectivity index (χ2n) is 4.67. The Morgan fingerprint density at radius 3 is 2.56 bits per heavy atom. The van der Waals surface area contributed by atoms with Crippen LogP contribution in [-0.4, -0.2) is 39.6 Å². The number of amides is 2. The van der Waals surface area contributed by atoms with Crippen LogP contribution in [-0.2, 0) is 16.6 Å². The molecule has 1 fully saturated rings. The summed E-state index contributed by atoms with van der Waals surface area (Å²) >= 11 is 0. The number of likely N-dealkylation sites (tertiary alicyclic amines) is 1. The summed E-state index contributed by atoms with van der Waals surface area (Å²) in [7, 11) is 1.81. The average Bonchev–Trinajstić information content (AvgIpc) is 2.75. The van der Waals surface area contributed by atoms with E-state index in [0.29, 0.717) is 13.1 Å². The number of piperidine rings is 1. The van der Waals surface area contributed by atoms with Crippen molar-refractivity contribution in [3.63, 3.8) is 0 Å². The largest absolute Gasteiger partial charge is 0.343 e. The SMILES string of the molecule is CC(=O)N1CCC(C(=O)Nc2cnn(C)c2)CC1. The van der Waals surface area contributed by atoms with Crippen LogP contribution in [0.4, 0.5) is 5.69 Å². The topological polar surface area (TPSA) is 67.2 Å². The molecular weight excluding hydrogens is 232 g/mol. The molecule has 1 aromatic heterocycles. The highest BCUT2D eigenvalue weighted by molar-refractivity contribution is 5.92. The zero-order chi connectivity index (χ0) is 13.1. The fourth-order valence-electron chi connectivity index (χ4n) is 2.19. The van der Waals surface area contributed by atoms with Gasteiger partial charge >= 0.3 is 0 Å². The highest BCUT2D eigenvalue weighted by Crippen LogP contribution is 2.19. The molecule has 1 aliphatic rings. The van der Waals surface area contributed by atoms with Crippen molar-refractivity contribution < 1.29 is 9.59 Å². The third-order valence-corrected chi connectivity index (χ3v) is 3.28. The zero-order valence-electron chi connectivity index (χ0n) is 10.7. The van der Waals surface area contributed by atoms with E-state index in [4.69, 9.17) is 0 Å². The van der Waals surface area contributed by atoms with Crippen LogP contribution in [0, 0.1) is 5.92 Å². The van der Waals surface area contributed by atoms with Crippen LogP contribution in [0.5, 0.6) is 0 Å². The van der Waals surface area contributed by atoms with E-state index >= 15 is 0 Å². The molecule has 18 heavy (non-hydrogen) atoms. The van der Waals surface area contributed by atoms with Crippen LogP contribution in [0.2, 0.25) is 0 Å². The number of rotatable bonds is 2. The minimum atomic E-state index is -0.0131. The zero-order valence-corrected chi connectivity index (χ0v) is 10.7. The van der Waals surface area contributed by atoms with Crippen LogP contribution < -0.4 is 5.32 Å². The Bertz CT molecular complexity index is 447. The quantitative estimate of drug-likeness (QED) is 0.836. The second kappa shape index (κ2) is 5.20. The molecule has 6 nitrogen and oxygen atoms in total. The number of carbonyl (C=O) groups is 2. The number of hydrogen-bond acceptors (Lipinski definition) is 3. The number of hydrogen-bond donors (Lipinski definition) is 1. The number of aromatic nitrogens is 2. The molecule has 0 atom stereocenters. The molecule has 1 aromatic rings. The summed E-state index contributed by atoms with van der Waals surface area (Å²) in [6, 6.07) is 0. The van der Waals surface area contributed by atoms with E-state index in [0.717, 1.165) is 18.5 Å². The van der Waals surface area contributed by atoms with Crippen LogP contribution >= 0.6 is 0 Å². The third kappa shape index (κ3) is 2.88. The fourth-order valence-corrected chi connectivity index (χ4v) is 2.19. The molecule has 6 heteroatoms. The predicted octanol–water partition coefficient (Wildman–Crippen LogP) is 0.617. The van der Waals surface area contributed by atoms with E-state index in [1.807, 2.05) is 0 Å². The van der Waals surface area contributed by atoms with E-state index in [1.54, 1.807) is 35.9 Å². The highest BCUT2D eigenvalue weighted by atomic mass is 16.2. The van der Waals surface area contributed by atoms with E-state index in [-0.39, 0.29) is 17.7 Å². The lowest BCUT2D eigenvalue weighted by Crippen LogP contribution is -2.40.